The molecule has 4 nitrogen and oxygen atoms in total. The van der Waals surface area contributed by atoms with Gasteiger partial charge < -0.3 is 10.1 Å². The molecule has 0 aliphatic carbocycles. The Labute approximate surface area is 92.0 Å². The van der Waals surface area contributed by atoms with E-state index in [9.17, 15) is 4.79 Å². The molecule has 15 heavy (non-hydrogen) atoms. The highest BCUT2D eigenvalue weighted by Gasteiger charge is 2.45. The first kappa shape index (κ1) is 12.5. The largest absolute Gasteiger partial charge is 0.468 e. The summed E-state index contributed by atoms with van der Waals surface area (Å²) in [7, 11) is 4.11. The van der Waals surface area contributed by atoms with Gasteiger partial charge in [0.25, 0.3) is 6.47 Å². The number of likely N-dealkylation sites (N-methyl/N-ethyl adjacent to an activating group) is 2. The van der Waals surface area contributed by atoms with Gasteiger partial charge in [0.05, 0.1) is 6.61 Å². The Morgan fingerprint density at radius 1 is 1.67 bits per heavy atom. The summed E-state index contributed by atoms with van der Waals surface area (Å²) in [6.45, 7) is 7.53. The van der Waals surface area contributed by atoms with Gasteiger partial charge in [-0.05, 0) is 26.9 Å². The number of rotatable bonds is 5. The third-order valence-electron chi connectivity index (χ3n) is 3.98. The van der Waals surface area contributed by atoms with Crippen LogP contribution in [0.3, 0.4) is 0 Å². The van der Waals surface area contributed by atoms with Crippen LogP contribution in [0.15, 0.2) is 0 Å². The summed E-state index contributed by atoms with van der Waals surface area (Å²) < 4.78 is 4.88. The zero-order valence-electron chi connectivity index (χ0n) is 10.1. The highest BCUT2D eigenvalue weighted by molar-refractivity contribution is 5.36. The highest BCUT2D eigenvalue weighted by Crippen LogP contribution is 2.37. The van der Waals surface area contributed by atoms with E-state index in [-0.39, 0.29) is 5.54 Å². The van der Waals surface area contributed by atoms with Gasteiger partial charge in [-0.3, -0.25) is 9.69 Å². The van der Waals surface area contributed by atoms with Crippen molar-refractivity contribution >= 4 is 6.47 Å². The molecule has 3 atom stereocenters. The molecule has 0 radical (unpaired) electrons. The number of nitrogens with zero attached hydrogens (tertiary/aromatic N) is 1. The maximum absolute atomic E-state index is 10.2. The van der Waals surface area contributed by atoms with Crippen LogP contribution in [-0.2, 0) is 9.53 Å². The van der Waals surface area contributed by atoms with E-state index in [1.165, 1.54) is 0 Å². The lowest BCUT2D eigenvalue weighted by Crippen LogP contribution is -2.49. The average molecular weight is 214 g/mol. The maximum atomic E-state index is 10.2. The van der Waals surface area contributed by atoms with E-state index >= 15 is 0 Å². The molecular formula is C11H22N2O2. The molecule has 88 valence electrons. The summed E-state index contributed by atoms with van der Waals surface area (Å²) in [5.41, 5.74) is 0.158. The fourth-order valence-corrected chi connectivity index (χ4v) is 2.59. The Balaban J connectivity index is 2.64. The predicted octanol–water partition coefficient (Wildman–Crippen LogP) is 0.335. The fourth-order valence-electron chi connectivity index (χ4n) is 2.59. The van der Waals surface area contributed by atoms with Gasteiger partial charge >= 0.3 is 0 Å². The van der Waals surface area contributed by atoms with E-state index in [0.29, 0.717) is 24.9 Å². The summed E-state index contributed by atoms with van der Waals surface area (Å²) in [6, 6.07) is 0. The molecule has 3 unspecified atom stereocenters. The molecule has 4 heteroatoms. The Morgan fingerprint density at radius 3 is 2.87 bits per heavy atom. The number of nitrogens with one attached hydrogen (secondary N) is 1. The van der Waals surface area contributed by atoms with E-state index in [2.05, 4.69) is 31.1 Å². The van der Waals surface area contributed by atoms with Gasteiger partial charge in [-0.15, -0.1) is 0 Å². The molecule has 1 aliphatic heterocycles. The molecule has 0 aromatic carbocycles. The number of hydrogen-bond donors (Lipinski definition) is 1. The van der Waals surface area contributed by atoms with Crippen molar-refractivity contribution < 1.29 is 9.53 Å². The van der Waals surface area contributed by atoms with Gasteiger partial charge in [0.15, 0.2) is 0 Å². The Kier molecular flexibility index (Phi) is 4.11. The molecule has 0 amide bonds. The molecule has 1 heterocycles. The summed E-state index contributed by atoms with van der Waals surface area (Å²) in [6.07, 6.45) is 0. The maximum Gasteiger partial charge on any atom is 0.293 e. The van der Waals surface area contributed by atoms with Crippen LogP contribution in [0.4, 0.5) is 0 Å². The van der Waals surface area contributed by atoms with Crippen molar-refractivity contribution in [2.24, 2.45) is 11.8 Å². The monoisotopic (exact) mass is 214 g/mol. The molecule has 1 rings (SSSR count). The van der Waals surface area contributed by atoms with Crippen LogP contribution in [0.25, 0.3) is 0 Å². The molecule has 1 fully saturated rings. The van der Waals surface area contributed by atoms with E-state index in [0.717, 1.165) is 13.1 Å². The summed E-state index contributed by atoms with van der Waals surface area (Å²) in [4.78, 5) is 12.5. The van der Waals surface area contributed by atoms with Crippen LogP contribution >= 0.6 is 0 Å². The zero-order valence-corrected chi connectivity index (χ0v) is 10.1. The molecule has 1 N–H and O–H groups in total. The minimum Gasteiger partial charge on any atom is -0.468 e. The van der Waals surface area contributed by atoms with Gasteiger partial charge in [-0.25, -0.2) is 0 Å². The molecule has 1 aliphatic rings. The van der Waals surface area contributed by atoms with E-state index < -0.39 is 0 Å². The summed E-state index contributed by atoms with van der Waals surface area (Å²) in [5, 5.41) is 3.24. The van der Waals surface area contributed by atoms with Gasteiger partial charge in [0, 0.05) is 24.5 Å². The van der Waals surface area contributed by atoms with Crippen molar-refractivity contribution in [3.05, 3.63) is 0 Å². The van der Waals surface area contributed by atoms with Crippen molar-refractivity contribution in [2.75, 3.05) is 33.8 Å². The molecule has 0 saturated carbocycles. The van der Waals surface area contributed by atoms with Gasteiger partial charge in [0.2, 0.25) is 0 Å². The van der Waals surface area contributed by atoms with Crippen LogP contribution in [0.5, 0.6) is 0 Å². The SMILES string of the molecule is CNCC1(C)C(C)C(COC=O)CN1C. The zero-order chi connectivity index (χ0) is 11.5. The lowest BCUT2D eigenvalue weighted by Gasteiger charge is -2.36. The third kappa shape index (κ3) is 2.32. The average Bonchev–Trinajstić information content (AvgIpc) is 2.41. The van der Waals surface area contributed by atoms with E-state index in [1.807, 2.05) is 7.05 Å². The van der Waals surface area contributed by atoms with Crippen molar-refractivity contribution in [3.63, 3.8) is 0 Å². The minimum atomic E-state index is 0.158. The number of carbonyl (C=O) groups excluding carboxylic acids is 1. The number of carbonyl (C=O) groups is 1. The first-order valence-electron chi connectivity index (χ1n) is 5.47. The minimum absolute atomic E-state index is 0.158. The van der Waals surface area contributed by atoms with Crippen LogP contribution in [0, 0.1) is 11.8 Å². The van der Waals surface area contributed by atoms with Crippen molar-refractivity contribution in [1.82, 2.24) is 10.2 Å². The van der Waals surface area contributed by atoms with Crippen molar-refractivity contribution in [1.29, 1.82) is 0 Å². The molecule has 0 spiro atoms. The number of ether oxygens (including phenoxy) is 1. The van der Waals surface area contributed by atoms with E-state index in [1.54, 1.807) is 0 Å². The second-order valence-electron chi connectivity index (χ2n) is 4.75. The molecule has 0 bridgehead atoms. The van der Waals surface area contributed by atoms with Gasteiger partial charge in [-0.1, -0.05) is 6.92 Å². The molecule has 0 aromatic heterocycles. The standard InChI is InChI=1S/C11H22N2O2/c1-9-10(6-15-8-14)5-13(4)11(9,2)7-12-3/h8-10,12H,5-7H2,1-4H3. The smallest absolute Gasteiger partial charge is 0.293 e. The Morgan fingerprint density at radius 2 is 2.33 bits per heavy atom. The second-order valence-corrected chi connectivity index (χ2v) is 4.75. The first-order valence-corrected chi connectivity index (χ1v) is 5.47. The topological polar surface area (TPSA) is 41.6 Å². The highest BCUT2D eigenvalue weighted by atomic mass is 16.5. The lowest BCUT2D eigenvalue weighted by atomic mass is 9.83. The number of likely N-dealkylation sites (tertiary alicyclic amines) is 1. The Hall–Kier alpha value is -0.610. The fraction of sp³-hybridized carbons (Fsp3) is 0.909. The summed E-state index contributed by atoms with van der Waals surface area (Å²) >= 11 is 0. The molecular weight excluding hydrogens is 192 g/mol. The van der Waals surface area contributed by atoms with Gasteiger partial charge in [-0.2, -0.15) is 0 Å². The number of hydrogen-bond acceptors (Lipinski definition) is 4. The lowest BCUT2D eigenvalue weighted by molar-refractivity contribution is -0.130. The second kappa shape index (κ2) is 4.94. The van der Waals surface area contributed by atoms with Crippen molar-refractivity contribution in [3.8, 4) is 0 Å². The van der Waals surface area contributed by atoms with Crippen LogP contribution < -0.4 is 5.32 Å². The van der Waals surface area contributed by atoms with Gasteiger partial charge in [0.1, 0.15) is 0 Å². The Bertz CT molecular complexity index is 223. The van der Waals surface area contributed by atoms with Crippen molar-refractivity contribution in [2.45, 2.75) is 19.4 Å². The molecule has 1 saturated heterocycles. The van der Waals surface area contributed by atoms with Crippen LogP contribution in [0.2, 0.25) is 0 Å². The third-order valence-corrected chi connectivity index (χ3v) is 3.98. The first-order chi connectivity index (χ1) is 7.06. The van der Waals surface area contributed by atoms with Crippen LogP contribution in [0.1, 0.15) is 13.8 Å². The summed E-state index contributed by atoms with van der Waals surface area (Å²) in [5.74, 6) is 0.966. The predicted molar refractivity (Wildman–Crippen MR) is 59.6 cm³/mol. The normalized spacial score (nSPS) is 36.8. The van der Waals surface area contributed by atoms with Crippen LogP contribution in [-0.4, -0.2) is 50.7 Å². The van der Waals surface area contributed by atoms with E-state index in [4.69, 9.17) is 4.74 Å². The molecule has 0 aromatic rings. The quantitative estimate of drug-likeness (QED) is 0.670.